The van der Waals surface area contributed by atoms with Gasteiger partial charge in [-0.25, -0.2) is 4.57 Å². The van der Waals surface area contributed by atoms with Crippen molar-refractivity contribution in [2.75, 3.05) is 0 Å². The van der Waals surface area contributed by atoms with Crippen LogP contribution >= 0.6 is 32.5 Å². The van der Waals surface area contributed by atoms with E-state index in [0.717, 1.165) is 0 Å². The summed E-state index contributed by atoms with van der Waals surface area (Å²) in [7, 11) is 0. The molecule has 12 nitrogen and oxygen atoms in total. The molecule has 0 heterocycles. The number of rotatable bonds is 6. The fraction of sp³-hybridized carbons (Fsp3) is 1.00. The molecule has 18 heteroatoms. The van der Waals surface area contributed by atoms with Gasteiger partial charge in [-0.1, -0.05) is 12.2 Å². The second-order valence-electron chi connectivity index (χ2n) is 4.65. The Kier molecular flexibility index (Phi) is 8.03. The lowest BCUT2D eigenvalue weighted by atomic mass is 9.85. The van der Waals surface area contributed by atoms with Crippen LogP contribution in [0, 0.1) is 0 Å². The molecular weight excluding hydrogens is 453 g/mol. The summed E-state index contributed by atoms with van der Waals surface area (Å²) in [5.74, 6) is 0. The minimum Gasteiger partial charge on any atom is -0.387 e. The highest BCUT2D eigenvalue weighted by Crippen LogP contribution is 2.53. The van der Waals surface area contributed by atoms with E-state index in [1.54, 1.807) is 0 Å². The highest BCUT2D eigenvalue weighted by Gasteiger charge is 2.55. The van der Waals surface area contributed by atoms with Gasteiger partial charge in [0.2, 0.25) is 0 Å². The van der Waals surface area contributed by atoms with Crippen molar-refractivity contribution in [3.8, 4) is 0 Å². The fourth-order valence-electron chi connectivity index (χ4n) is 2.01. The Labute approximate surface area is 150 Å². The lowest BCUT2D eigenvalue weighted by Crippen LogP contribution is -2.65. The molecule has 8 N–H and O–H groups in total. The van der Waals surface area contributed by atoms with E-state index in [9.17, 15) is 29.7 Å². The third kappa shape index (κ3) is 7.22. The van der Waals surface area contributed by atoms with Crippen molar-refractivity contribution < 1.29 is 57.9 Å². The van der Waals surface area contributed by atoms with E-state index in [1.807, 2.05) is 0 Å². The van der Waals surface area contributed by atoms with E-state index in [2.05, 4.69) is 49.4 Å². The van der Waals surface area contributed by atoms with E-state index in [4.69, 9.17) is 14.7 Å². The first-order valence-corrected chi connectivity index (χ1v) is 13.8. The molecule has 0 radical (unpaired) electrons. The van der Waals surface area contributed by atoms with E-state index in [1.165, 1.54) is 0 Å². The summed E-state index contributed by atoms with van der Waals surface area (Å²) in [5.41, 5.74) is 0. The smallest absolute Gasteiger partial charge is 0.383 e. The molecule has 0 spiro atoms. The molecule has 1 aliphatic rings. The SMILES string of the molecule is O=P(O)(S)O[C@@H]1[C@@H](O)[C@H](OP(O)(O)=S)[C@H](O)[C@H](O)[C@H]1OP(O)(O)=S. The van der Waals surface area contributed by atoms with Crippen molar-refractivity contribution in [1.82, 2.24) is 0 Å². The molecule has 24 heavy (non-hydrogen) atoms. The molecule has 0 aromatic carbocycles. The first kappa shape index (κ1) is 23.5. The Morgan fingerprint density at radius 2 is 1.04 bits per heavy atom. The number of aliphatic hydroxyl groups excluding tert-OH is 3. The van der Waals surface area contributed by atoms with Gasteiger partial charge in [0.25, 0.3) is 0 Å². The van der Waals surface area contributed by atoms with Crippen LogP contribution in [-0.2, 0) is 41.8 Å². The van der Waals surface area contributed by atoms with Gasteiger partial charge < -0.3 is 39.8 Å². The zero-order valence-corrected chi connectivity index (χ0v) is 16.5. The van der Waals surface area contributed by atoms with Crippen molar-refractivity contribution >= 4 is 56.1 Å². The molecule has 7 atom stereocenters. The Morgan fingerprint density at radius 3 is 1.42 bits per heavy atom. The molecule has 144 valence electrons. The van der Waals surface area contributed by atoms with Crippen LogP contribution in [0.15, 0.2) is 0 Å². The van der Waals surface area contributed by atoms with Crippen LogP contribution in [0.5, 0.6) is 0 Å². The Morgan fingerprint density at radius 1 is 0.708 bits per heavy atom. The zero-order valence-electron chi connectivity index (χ0n) is 11.3. The summed E-state index contributed by atoms with van der Waals surface area (Å²) in [6.07, 6.45) is -12.3. The third-order valence-electron chi connectivity index (χ3n) is 2.80. The molecule has 0 aromatic rings. The topological polar surface area (TPSA) is 207 Å². The van der Waals surface area contributed by atoms with Crippen molar-refractivity contribution in [3.05, 3.63) is 0 Å². The predicted octanol–water partition coefficient (Wildman–Crippen LogP) is -2.31. The van der Waals surface area contributed by atoms with E-state index in [-0.39, 0.29) is 0 Å². The molecule has 0 aliphatic heterocycles. The molecule has 1 rings (SSSR count). The Bertz CT molecular complexity index is 585. The highest BCUT2D eigenvalue weighted by molar-refractivity contribution is 8.44. The number of hydrogen-bond acceptors (Lipinski definition) is 9. The minimum absolute atomic E-state index is 1.97. The minimum atomic E-state index is -4.62. The largest absolute Gasteiger partial charge is 0.387 e. The number of hydrogen-bond donors (Lipinski definition) is 9. The van der Waals surface area contributed by atoms with Crippen molar-refractivity contribution in [2.24, 2.45) is 0 Å². The summed E-state index contributed by atoms with van der Waals surface area (Å²) in [4.78, 5) is 45.8. The van der Waals surface area contributed by atoms with Gasteiger partial charge in [0.15, 0.2) is 0 Å². The Balaban J connectivity index is 3.23. The normalized spacial score (nSPS) is 37.9. The summed E-state index contributed by atoms with van der Waals surface area (Å²) in [6.45, 7) is -13.5. The maximum Gasteiger partial charge on any atom is 0.383 e. The average Bonchev–Trinajstić information content (AvgIpc) is 2.32. The number of aliphatic hydroxyl groups is 3. The van der Waals surface area contributed by atoms with Gasteiger partial charge in [0, 0.05) is 0 Å². The maximum absolute atomic E-state index is 11.3. The molecule has 0 amide bonds. The predicted molar refractivity (Wildman–Crippen MR) is 88.9 cm³/mol. The lowest BCUT2D eigenvalue weighted by Gasteiger charge is -2.45. The van der Waals surface area contributed by atoms with Crippen molar-refractivity contribution in [3.63, 3.8) is 0 Å². The number of thiol groups is 1. The van der Waals surface area contributed by atoms with Crippen molar-refractivity contribution in [2.45, 2.75) is 36.6 Å². The average molecular weight is 468 g/mol. The highest BCUT2D eigenvalue weighted by atomic mass is 32.7. The molecule has 1 unspecified atom stereocenters. The Hall–Kier alpha value is 1.44. The van der Waals surface area contributed by atoms with Crippen LogP contribution in [0.3, 0.4) is 0 Å². The van der Waals surface area contributed by atoms with Gasteiger partial charge >= 0.3 is 20.2 Å². The third-order valence-corrected chi connectivity index (χ3v) is 5.15. The monoisotopic (exact) mass is 468 g/mol. The van der Waals surface area contributed by atoms with Crippen LogP contribution in [0.25, 0.3) is 0 Å². The van der Waals surface area contributed by atoms with E-state index >= 15 is 0 Å². The first-order valence-electron chi connectivity index (χ1n) is 5.78. The molecule has 0 saturated heterocycles. The summed E-state index contributed by atoms with van der Waals surface area (Å²) < 4.78 is 24.9. The molecule has 0 aromatic heterocycles. The van der Waals surface area contributed by atoms with E-state index in [0.29, 0.717) is 0 Å². The van der Waals surface area contributed by atoms with Gasteiger partial charge in [-0.05, 0) is 23.6 Å². The second-order valence-corrected chi connectivity index (χ2v) is 12.6. The van der Waals surface area contributed by atoms with Gasteiger partial charge in [0.1, 0.15) is 36.6 Å². The van der Waals surface area contributed by atoms with E-state index < -0.39 is 56.9 Å². The van der Waals surface area contributed by atoms with Crippen LogP contribution in [0.4, 0.5) is 0 Å². The maximum atomic E-state index is 11.3. The zero-order chi connectivity index (χ0) is 19.1. The van der Waals surface area contributed by atoms with Gasteiger partial charge in [-0.15, -0.1) is 0 Å². The van der Waals surface area contributed by atoms with Crippen LogP contribution in [-0.4, -0.2) is 76.4 Å². The molecule has 0 bridgehead atoms. The van der Waals surface area contributed by atoms with Gasteiger partial charge in [-0.3, -0.25) is 13.6 Å². The van der Waals surface area contributed by atoms with Crippen LogP contribution in [0.1, 0.15) is 0 Å². The van der Waals surface area contributed by atoms with Gasteiger partial charge in [0.05, 0.1) is 0 Å². The van der Waals surface area contributed by atoms with Crippen molar-refractivity contribution in [1.29, 1.82) is 0 Å². The molecule has 1 saturated carbocycles. The molecule has 1 aliphatic carbocycles. The standard InChI is InChI=1S/C6H15O12P3S3/c7-1-2(8)5(17-20(12,13)23)6(18-21(14,15)24)3(9)4(1)16-19(10,11)22/h1-9H,(H2,10,11,22)(H2,12,13,23)(H2,14,15,24)/t1-,2+,3+,4-,5-,6-/m1/s1. The first-order chi connectivity index (χ1) is 10.5. The fourth-order valence-corrected chi connectivity index (χ4v) is 4.62. The van der Waals surface area contributed by atoms with Crippen LogP contribution < -0.4 is 0 Å². The molecule has 1 fully saturated rings. The summed E-state index contributed by atoms with van der Waals surface area (Å²) in [6, 6.07) is 0. The second kappa shape index (κ2) is 8.21. The quantitative estimate of drug-likeness (QED) is 0.148. The lowest BCUT2D eigenvalue weighted by molar-refractivity contribution is -0.207. The molecular formula is C6H15O12P3S3. The van der Waals surface area contributed by atoms with Gasteiger partial charge in [-0.2, -0.15) is 0 Å². The van der Waals surface area contributed by atoms with Crippen LogP contribution in [0.2, 0.25) is 0 Å². The summed E-state index contributed by atoms with van der Waals surface area (Å²) >= 11 is 11.6. The summed E-state index contributed by atoms with van der Waals surface area (Å²) in [5, 5.41) is 30.0.